The summed E-state index contributed by atoms with van der Waals surface area (Å²) in [6, 6.07) is 2.24. The van der Waals surface area contributed by atoms with Gasteiger partial charge in [0.05, 0.1) is 26.2 Å². The Morgan fingerprint density at radius 1 is 1.22 bits per heavy atom. The fraction of sp³-hybridized carbons (Fsp3) is 0.312. The number of thiazole rings is 1. The molecule has 144 valence electrons. The Hall–Kier alpha value is -1.52. The van der Waals surface area contributed by atoms with Crippen LogP contribution in [-0.2, 0) is 10.0 Å². The van der Waals surface area contributed by atoms with Crippen LogP contribution in [0.25, 0.3) is 0 Å². The van der Waals surface area contributed by atoms with Crippen molar-refractivity contribution in [1.29, 1.82) is 0 Å². The first-order chi connectivity index (χ1) is 12.6. The summed E-state index contributed by atoms with van der Waals surface area (Å²) in [7, 11) is -3.87. The molecule has 0 spiro atoms. The number of hydrogen-bond donors (Lipinski definition) is 2. The van der Waals surface area contributed by atoms with Crippen LogP contribution in [0.4, 0.5) is 5.13 Å². The third-order valence-corrected chi connectivity index (χ3v) is 7.26. The summed E-state index contributed by atoms with van der Waals surface area (Å²) in [5.41, 5.74) is 0.441. The van der Waals surface area contributed by atoms with Gasteiger partial charge < -0.3 is 0 Å². The number of nitrogens with zero attached hydrogens (tertiary/aromatic N) is 1. The van der Waals surface area contributed by atoms with Crippen LogP contribution in [0, 0.1) is 6.92 Å². The molecule has 1 heterocycles. The molecule has 2 aromatic rings. The Morgan fingerprint density at radius 3 is 2.44 bits per heavy atom. The number of amides is 1. The predicted molar refractivity (Wildman–Crippen MR) is 105 cm³/mol. The average molecular weight is 448 g/mol. The molecule has 0 unspecified atom stereocenters. The fourth-order valence-corrected chi connectivity index (χ4v) is 5.35. The van der Waals surface area contributed by atoms with E-state index >= 15 is 0 Å². The summed E-state index contributed by atoms with van der Waals surface area (Å²) in [6.07, 6.45) is 1.53. The number of ketones is 1. The second-order valence-electron chi connectivity index (χ2n) is 6.10. The summed E-state index contributed by atoms with van der Waals surface area (Å²) in [5.74, 6) is -0.807. The number of aromatic nitrogens is 1. The van der Waals surface area contributed by atoms with E-state index in [1.807, 2.05) is 0 Å². The topological polar surface area (TPSA) is 105 Å². The van der Waals surface area contributed by atoms with E-state index in [0.29, 0.717) is 10.6 Å². The molecule has 0 atom stereocenters. The fourth-order valence-electron chi connectivity index (χ4n) is 2.33. The lowest BCUT2D eigenvalue weighted by Crippen LogP contribution is -2.26. The highest BCUT2D eigenvalue weighted by Crippen LogP contribution is 2.31. The van der Waals surface area contributed by atoms with E-state index in [9.17, 15) is 18.0 Å². The molecule has 0 aliphatic heterocycles. The number of anilines is 1. The van der Waals surface area contributed by atoms with Gasteiger partial charge in [0.1, 0.15) is 4.90 Å². The minimum absolute atomic E-state index is 0.00272. The first kappa shape index (κ1) is 20.2. The van der Waals surface area contributed by atoms with Crippen molar-refractivity contribution in [3.63, 3.8) is 0 Å². The van der Waals surface area contributed by atoms with E-state index in [0.717, 1.165) is 30.2 Å². The Morgan fingerprint density at radius 2 is 1.89 bits per heavy atom. The molecule has 1 aromatic heterocycles. The van der Waals surface area contributed by atoms with Crippen molar-refractivity contribution in [3.8, 4) is 0 Å². The molecular formula is C16H15Cl2N3O4S2. The number of rotatable bonds is 6. The monoisotopic (exact) mass is 447 g/mol. The van der Waals surface area contributed by atoms with Gasteiger partial charge in [-0.2, -0.15) is 0 Å². The maximum Gasteiger partial charge on any atom is 0.259 e. The molecule has 27 heavy (non-hydrogen) atoms. The molecule has 1 aliphatic rings. The van der Waals surface area contributed by atoms with E-state index < -0.39 is 15.9 Å². The highest BCUT2D eigenvalue weighted by molar-refractivity contribution is 7.89. The number of Topliss-reactive ketones (excluding diaryl/α,β-unsaturated/α-hetero) is 1. The van der Waals surface area contributed by atoms with Crippen LogP contribution in [-0.4, -0.2) is 31.1 Å². The molecule has 3 rings (SSSR count). The van der Waals surface area contributed by atoms with Crippen molar-refractivity contribution in [2.24, 2.45) is 0 Å². The van der Waals surface area contributed by atoms with Gasteiger partial charge in [-0.15, -0.1) is 0 Å². The lowest BCUT2D eigenvalue weighted by atomic mass is 10.2. The van der Waals surface area contributed by atoms with Gasteiger partial charge in [0.2, 0.25) is 10.0 Å². The normalized spacial score (nSPS) is 14.2. The summed E-state index contributed by atoms with van der Waals surface area (Å²) in [4.78, 5) is 28.4. The van der Waals surface area contributed by atoms with Crippen molar-refractivity contribution >= 4 is 61.4 Å². The van der Waals surface area contributed by atoms with Crippen LogP contribution < -0.4 is 10.0 Å². The van der Waals surface area contributed by atoms with E-state index in [1.165, 1.54) is 13.0 Å². The summed E-state index contributed by atoms with van der Waals surface area (Å²) >= 11 is 13.2. The van der Waals surface area contributed by atoms with Crippen molar-refractivity contribution in [2.75, 3.05) is 5.32 Å². The number of nitrogens with one attached hydrogen (secondary N) is 2. The molecule has 11 heteroatoms. The van der Waals surface area contributed by atoms with Gasteiger partial charge in [-0.1, -0.05) is 34.5 Å². The van der Waals surface area contributed by atoms with Crippen LogP contribution in [0.1, 0.15) is 45.5 Å². The molecule has 0 bridgehead atoms. The third kappa shape index (κ3) is 4.49. The first-order valence-electron chi connectivity index (χ1n) is 7.89. The Labute approximate surface area is 170 Å². The second kappa shape index (κ2) is 7.48. The maximum absolute atomic E-state index is 12.6. The summed E-state index contributed by atoms with van der Waals surface area (Å²) in [6.45, 7) is 3.07. The van der Waals surface area contributed by atoms with Gasteiger partial charge in [-0.3, -0.25) is 14.9 Å². The summed E-state index contributed by atoms with van der Waals surface area (Å²) in [5, 5.41) is 2.68. The largest absolute Gasteiger partial charge is 0.298 e. The minimum atomic E-state index is -3.87. The molecule has 0 radical (unpaired) electrons. The van der Waals surface area contributed by atoms with E-state index in [2.05, 4.69) is 15.0 Å². The Bertz CT molecular complexity index is 1050. The van der Waals surface area contributed by atoms with Crippen LogP contribution in [0.15, 0.2) is 17.0 Å². The van der Waals surface area contributed by atoms with E-state index in [4.69, 9.17) is 23.2 Å². The molecule has 0 saturated heterocycles. The number of hydrogen-bond acceptors (Lipinski definition) is 6. The van der Waals surface area contributed by atoms with Crippen molar-refractivity contribution in [2.45, 2.75) is 37.6 Å². The van der Waals surface area contributed by atoms with Crippen LogP contribution in [0.3, 0.4) is 0 Å². The molecule has 1 aromatic carbocycles. The highest BCUT2D eigenvalue weighted by atomic mass is 35.5. The molecular weight excluding hydrogens is 433 g/mol. The Balaban J connectivity index is 1.91. The maximum atomic E-state index is 12.6. The van der Waals surface area contributed by atoms with Gasteiger partial charge in [0, 0.05) is 13.0 Å². The van der Waals surface area contributed by atoms with E-state index in [1.54, 1.807) is 6.92 Å². The molecule has 2 N–H and O–H groups in total. The van der Waals surface area contributed by atoms with Crippen molar-refractivity contribution < 1.29 is 18.0 Å². The highest BCUT2D eigenvalue weighted by Gasteiger charge is 2.30. The zero-order valence-electron chi connectivity index (χ0n) is 14.3. The molecule has 1 amide bonds. The second-order valence-corrected chi connectivity index (χ2v) is 9.60. The van der Waals surface area contributed by atoms with Gasteiger partial charge in [-0.25, -0.2) is 18.1 Å². The van der Waals surface area contributed by atoms with Gasteiger partial charge in [0.25, 0.3) is 5.91 Å². The zero-order chi connectivity index (χ0) is 19.9. The molecule has 1 fully saturated rings. The minimum Gasteiger partial charge on any atom is -0.298 e. The van der Waals surface area contributed by atoms with Gasteiger partial charge in [-0.05, 0) is 31.9 Å². The van der Waals surface area contributed by atoms with Crippen molar-refractivity contribution in [1.82, 2.24) is 9.71 Å². The Kier molecular flexibility index (Phi) is 5.60. The summed E-state index contributed by atoms with van der Waals surface area (Å²) < 4.78 is 27.4. The zero-order valence-corrected chi connectivity index (χ0v) is 17.4. The van der Waals surface area contributed by atoms with Gasteiger partial charge >= 0.3 is 0 Å². The van der Waals surface area contributed by atoms with Gasteiger partial charge in [0.15, 0.2) is 10.9 Å². The quantitative estimate of drug-likeness (QED) is 0.657. The SMILES string of the molecule is CC(=O)c1sc(NC(=O)c2cc(S(=O)(=O)NC3CC3)c(Cl)cc2Cl)nc1C. The smallest absolute Gasteiger partial charge is 0.259 e. The number of carbonyl (C=O) groups is 2. The third-order valence-electron chi connectivity index (χ3n) is 3.79. The van der Waals surface area contributed by atoms with Crippen LogP contribution in [0.5, 0.6) is 0 Å². The lowest BCUT2D eigenvalue weighted by Gasteiger charge is -2.11. The van der Waals surface area contributed by atoms with Crippen LogP contribution in [0.2, 0.25) is 10.0 Å². The number of sulfonamides is 1. The molecule has 1 saturated carbocycles. The first-order valence-corrected chi connectivity index (χ1v) is 10.9. The molecule has 1 aliphatic carbocycles. The lowest BCUT2D eigenvalue weighted by molar-refractivity contribution is 0.101. The molecule has 7 nitrogen and oxygen atoms in total. The number of aryl methyl sites for hydroxylation is 1. The van der Waals surface area contributed by atoms with Crippen molar-refractivity contribution in [3.05, 3.63) is 38.3 Å². The number of halogens is 2. The van der Waals surface area contributed by atoms with Crippen LogP contribution >= 0.6 is 34.5 Å². The average Bonchev–Trinajstić information content (AvgIpc) is 3.26. The standard InChI is InChI=1S/C16H15Cl2N3O4S2/c1-7-14(8(2)22)26-16(19-7)20-15(23)10-5-13(12(18)6-11(10)17)27(24,25)21-9-3-4-9/h5-6,9,21H,3-4H2,1-2H3,(H,19,20,23). The van der Waals surface area contributed by atoms with E-state index in [-0.39, 0.29) is 37.5 Å². The predicted octanol–water partition coefficient (Wildman–Crippen LogP) is 3.65. The number of carbonyl (C=O) groups excluding carboxylic acids is 2. The number of benzene rings is 1.